The van der Waals surface area contributed by atoms with Crippen LogP contribution in [0.15, 0.2) is 29.8 Å². The average molecular weight is 247 g/mol. The van der Waals surface area contributed by atoms with Gasteiger partial charge in [0.2, 0.25) is 0 Å². The van der Waals surface area contributed by atoms with Crippen LogP contribution in [0.5, 0.6) is 0 Å². The van der Waals surface area contributed by atoms with Crippen molar-refractivity contribution in [1.29, 1.82) is 0 Å². The van der Waals surface area contributed by atoms with E-state index in [-0.39, 0.29) is 5.54 Å². The minimum absolute atomic E-state index is 0.164. The van der Waals surface area contributed by atoms with Gasteiger partial charge in [-0.05, 0) is 37.8 Å². The second-order valence-corrected chi connectivity index (χ2v) is 5.77. The van der Waals surface area contributed by atoms with Crippen molar-refractivity contribution < 1.29 is 0 Å². The van der Waals surface area contributed by atoms with Gasteiger partial charge in [0.1, 0.15) is 5.82 Å². The summed E-state index contributed by atoms with van der Waals surface area (Å²) in [5.74, 6) is 0.870. The van der Waals surface area contributed by atoms with Gasteiger partial charge in [0.05, 0.1) is 10.6 Å². The first-order chi connectivity index (χ1) is 8.04. The summed E-state index contributed by atoms with van der Waals surface area (Å²) in [5.41, 5.74) is 6.80. The maximum Gasteiger partial charge on any atom is 0.129 e. The van der Waals surface area contributed by atoms with E-state index in [0.29, 0.717) is 0 Å². The normalized spacial score (nSPS) is 11.7. The quantitative estimate of drug-likeness (QED) is 0.903. The fourth-order valence-electron chi connectivity index (χ4n) is 1.52. The summed E-state index contributed by atoms with van der Waals surface area (Å²) in [6.07, 6.45) is 3.53. The first-order valence-electron chi connectivity index (χ1n) is 5.69. The van der Waals surface area contributed by atoms with Crippen LogP contribution < -0.4 is 5.73 Å². The van der Waals surface area contributed by atoms with Gasteiger partial charge in [-0.1, -0.05) is 6.07 Å². The first kappa shape index (κ1) is 12.2. The van der Waals surface area contributed by atoms with Crippen LogP contribution in [0.2, 0.25) is 0 Å². The molecule has 0 atom stereocenters. The van der Waals surface area contributed by atoms with E-state index in [1.54, 1.807) is 11.3 Å². The molecule has 2 aromatic heterocycles. The summed E-state index contributed by atoms with van der Waals surface area (Å²) in [7, 11) is 0. The molecule has 0 aliphatic heterocycles. The van der Waals surface area contributed by atoms with Crippen LogP contribution >= 0.6 is 11.3 Å². The SMILES string of the molecule is CC(C)(N)CCc1nccc(-c2cccs2)n1. The van der Waals surface area contributed by atoms with Crippen molar-refractivity contribution in [2.24, 2.45) is 5.73 Å². The summed E-state index contributed by atoms with van der Waals surface area (Å²) in [4.78, 5) is 10.0. The molecule has 90 valence electrons. The van der Waals surface area contributed by atoms with E-state index < -0.39 is 0 Å². The minimum atomic E-state index is -0.164. The van der Waals surface area contributed by atoms with Crippen molar-refractivity contribution >= 4 is 11.3 Å². The summed E-state index contributed by atoms with van der Waals surface area (Å²) >= 11 is 1.69. The third kappa shape index (κ3) is 3.61. The molecule has 0 aromatic carbocycles. The van der Waals surface area contributed by atoms with Gasteiger partial charge >= 0.3 is 0 Å². The third-order valence-electron chi connectivity index (χ3n) is 2.47. The summed E-state index contributed by atoms with van der Waals surface area (Å²) in [5, 5.41) is 2.06. The highest BCUT2D eigenvalue weighted by Crippen LogP contribution is 2.22. The number of aromatic nitrogens is 2. The Morgan fingerprint density at radius 2 is 2.18 bits per heavy atom. The Hall–Kier alpha value is -1.26. The highest BCUT2D eigenvalue weighted by molar-refractivity contribution is 7.13. The number of aryl methyl sites for hydroxylation is 1. The Labute approximate surface area is 106 Å². The first-order valence-corrected chi connectivity index (χ1v) is 6.57. The maximum absolute atomic E-state index is 5.96. The van der Waals surface area contributed by atoms with Crippen molar-refractivity contribution in [2.45, 2.75) is 32.2 Å². The van der Waals surface area contributed by atoms with Gasteiger partial charge in [-0.25, -0.2) is 9.97 Å². The Kier molecular flexibility index (Phi) is 3.54. The number of hydrogen-bond donors (Lipinski definition) is 1. The molecule has 0 saturated heterocycles. The Bertz CT molecular complexity index is 472. The van der Waals surface area contributed by atoms with E-state index in [1.807, 2.05) is 32.2 Å². The van der Waals surface area contributed by atoms with Crippen LogP contribution in [0.25, 0.3) is 10.6 Å². The fraction of sp³-hybridized carbons (Fsp3) is 0.385. The van der Waals surface area contributed by atoms with Gasteiger partial charge in [-0.3, -0.25) is 0 Å². The van der Waals surface area contributed by atoms with Gasteiger partial charge in [0.15, 0.2) is 0 Å². The zero-order valence-corrected chi connectivity index (χ0v) is 11.0. The van der Waals surface area contributed by atoms with E-state index in [2.05, 4.69) is 21.4 Å². The summed E-state index contributed by atoms with van der Waals surface area (Å²) < 4.78 is 0. The van der Waals surface area contributed by atoms with Crippen molar-refractivity contribution in [1.82, 2.24) is 9.97 Å². The molecule has 0 aliphatic rings. The third-order valence-corrected chi connectivity index (χ3v) is 3.36. The monoisotopic (exact) mass is 247 g/mol. The number of rotatable bonds is 4. The molecular formula is C13H17N3S. The van der Waals surface area contributed by atoms with E-state index in [9.17, 15) is 0 Å². The molecule has 0 aliphatic carbocycles. The van der Waals surface area contributed by atoms with Gasteiger partial charge in [-0.2, -0.15) is 0 Å². The molecule has 2 rings (SSSR count). The average Bonchev–Trinajstić information content (AvgIpc) is 2.79. The van der Waals surface area contributed by atoms with Gasteiger partial charge in [0, 0.05) is 18.2 Å². The lowest BCUT2D eigenvalue weighted by Gasteiger charge is -2.17. The summed E-state index contributed by atoms with van der Waals surface area (Å²) in [6, 6.07) is 6.05. The molecule has 0 bridgehead atoms. The van der Waals surface area contributed by atoms with E-state index in [1.165, 1.54) is 4.88 Å². The lowest BCUT2D eigenvalue weighted by Crippen LogP contribution is -2.32. The lowest BCUT2D eigenvalue weighted by molar-refractivity contribution is 0.471. The number of nitrogens with two attached hydrogens (primary N) is 1. The molecule has 0 radical (unpaired) electrons. The molecule has 2 aromatic rings. The minimum Gasteiger partial charge on any atom is -0.326 e. The van der Waals surface area contributed by atoms with Crippen molar-refractivity contribution in [3.8, 4) is 10.6 Å². The lowest BCUT2D eigenvalue weighted by atomic mass is 10.00. The molecule has 17 heavy (non-hydrogen) atoms. The summed E-state index contributed by atoms with van der Waals surface area (Å²) in [6.45, 7) is 4.05. The Morgan fingerprint density at radius 1 is 1.35 bits per heavy atom. The molecule has 0 fully saturated rings. The van der Waals surface area contributed by atoms with E-state index in [4.69, 9.17) is 5.73 Å². The second-order valence-electron chi connectivity index (χ2n) is 4.82. The highest BCUT2D eigenvalue weighted by Gasteiger charge is 2.12. The smallest absolute Gasteiger partial charge is 0.129 e. The molecule has 2 heterocycles. The molecule has 3 nitrogen and oxygen atoms in total. The predicted molar refractivity (Wildman–Crippen MR) is 71.9 cm³/mol. The van der Waals surface area contributed by atoms with Crippen LogP contribution in [0.1, 0.15) is 26.1 Å². The molecular weight excluding hydrogens is 230 g/mol. The van der Waals surface area contributed by atoms with E-state index >= 15 is 0 Å². The molecule has 2 N–H and O–H groups in total. The van der Waals surface area contributed by atoms with Gasteiger partial charge in [-0.15, -0.1) is 11.3 Å². The maximum atomic E-state index is 5.96. The van der Waals surface area contributed by atoms with Gasteiger partial charge in [0.25, 0.3) is 0 Å². The fourth-order valence-corrected chi connectivity index (χ4v) is 2.21. The largest absolute Gasteiger partial charge is 0.326 e. The van der Waals surface area contributed by atoms with Crippen molar-refractivity contribution in [2.75, 3.05) is 0 Å². The Morgan fingerprint density at radius 3 is 2.82 bits per heavy atom. The van der Waals surface area contributed by atoms with Crippen molar-refractivity contribution in [3.05, 3.63) is 35.6 Å². The molecule has 0 amide bonds. The molecule has 4 heteroatoms. The van der Waals surface area contributed by atoms with E-state index in [0.717, 1.165) is 24.4 Å². The highest BCUT2D eigenvalue weighted by atomic mass is 32.1. The second kappa shape index (κ2) is 4.94. The van der Waals surface area contributed by atoms with Crippen LogP contribution in [0, 0.1) is 0 Å². The van der Waals surface area contributed by atoms with Crippen molar-refractivity contribution in [3.63, 3.8) is 0 Å². The standard InChI is InChI=1S/C13H17N3S/c1-13(2,14)7-5-12-15-8-6-10(16-12)11-4-3-9-17-11/h3-4,6,8-9H,5,7,14H2,1-2H3. The predicted octanol–water partition coefficient (Wildman–Crippen LogP) is 2.88. The zero-order valence-electron chi connectivity index (χ0n) is 10.2. The number of thiophene rings is 1. The van der Waals surface area contributed by atoms with Crippen LogP contribution in [0.3, 0.4) is 0 Å². The molecule has 0 saturated carbocycles. The molecule has 0 unspecified atom stereocenters. The number of hydrogen-bond acceptors (Lipinski definition) is 4. The van der Waals surface area contributed by atoms with Gasteiger partial charge < -0.3 is 5.73 Å². The number of nitrogens with zero attached hydrogens (tertiary/aromatic N) is 2. The Balaban J connectivity index is 2.12. The zero-order chi connectivity index (χ0) is 12.3. The van der Waals surface area contributed by atoms with Crippen LogP contribution in [0.4, 0.5) is 0 Å². The molecule has 0 spiro atoms. The van der Waals surface area contributed by atoms with Crippen LogP contribution in [-0.2, 0) is 6.42 Å². The van der Waals surface area contributed by atoms with Crippen LogP contribution in [-0.4, -0.2) is 15.5 Å². The topological polar surface area (TPSA) is 51.8 Å².